The van der Waals surface area contributed by atoms with Crippen molar-refractivity contribution in [2.75, 3.05) is 13.1 Å². The van der Waals surface area contributed by atoms with Crippen molar-refractivity contribution in [2.45, 2.75) is 45.6 Å². The van der Waals surface area contributed by atoms with Gasteiger partial charge in [0.25, 0.3) is 0 Å². The van der Waals surface area contributed by atoms with Gasteiger partial charge in [0, 0.05) is 25.0 Å². The first kappa shape index (κ1) is 11.5. The standard InChI is InChI=1S/C11H22N2O/c1-3-9(4-2)11(14)13-7-5-6-10(13)8-12/h9-10H,3-8,12H2,1-2H3. The summed E-state index contributed by atoms with van der Waals surface area (Å²) in [5.41, 5.74) is 5.65. The molecule has 0 aromatic rings. The number of amides is 1. The Kier molecular flexibility index (Phi) is 4.39. The number of hydrogen-bond donors (Lipinski definition) is 1. The molecule has 0 spiro atoms. The first-order chi connectivity index (χ1) is 6.74. The summed E-state index contributed by atoms with van der Waals surface area (Å²) in [6.45, 7) is 5.70. The molecule has 1 aliphatic rings. The molecule has 1 rings (SSSR count). The maximum atomic E-state index is 12.0. The summed E-state index contributed by atoms with van der Waals surface area (Å²) in [7, 11) is 0. The second-order valence-corrected chi connectivity index (χ2v) is 4.08. The Morgan fingerprint density at radius 2 is 2.14 bits per heavy atom. The first-order valence-electron chi connectivity index (χ1n) is 5.75. The predicted molar refractivity (Wildman–Crippen MR) is 57.9 cm³/mol. The summed E-state index contributed by atoms with van der Waals surface area (Å²) < 4.78 is 0. The van der Waals surface area contributed by atoms with Crippen LogP contribution in [0.15, 0.2) is 0 Å². The molecule has 1 aliphatic heterocycles. The Bertz CT molecular complexity index is 190. The van der Waals surface area contributed by atoms with Crippen molar-refractivity contribution in [3.63, 3.8) is 0 Å². The second-order valence-electron chi connectivity index (χ2n) is 4.08. The van der Waals surface area contributed by atoms with E-state index in [4.69, 9.17) is 5.73 Å². The van der Waals surface area contributed by atoms with E-state index in [0.29, 0.717) is 18.5 Å². The number of carbonyl (C=O) groups excluding carboxylic acids is 1. The largest absolute Gasteiger partial charge is 0.338 e. The summed E-state index contributed by atoms with van der Waals surface area (Å²) in [6, 6.07) is 0.308. The van der Waals surface area contributed by atoms with Crippen molar-refractivity contribution in [3.05, 3.63) is 0 Å². The molecule has 0 bridgehead atoms. The molecule has 1 saturated heterocycles. The van der Waals surface area contributed by atoms with Crippen molar-refractivity contribution >= 4 is 5.91 Å². The van der Waals surface area contributed by atoms with Crippen molar-refractivity contribution in [3.8, 4) is 0 Å². The first-order valence-corrected chi connectivity index (χ1v) is 5.75. The molecule has 2 N–H and O–H groups in total. The van der Waals surface area contributed by atoms with E-state index < -0.39 is 0 Å². The highest BCUT2D eigenvalue weighted by Crippen LogP contribution is 2.21. The zero-order valence-corrected chi connectivity index (χ0v) is 9.33. The minimum absolute atomic E-state index is 0.210. The van der Waals surface area contributed by atoms with E-state index in [1.54, 1.807) is 0 Å². The number of hydrogen-bond acceptors (Lipinski definition) is 2. The number of carbonyl (C=O) groups is 1. The Morgan fingerprint density at radius 3 is 2.64 bits per heavy atom. The summed E-state index contributed by atoms with van der Waals surface area (Å²) in [5.74, 6) is 0.533. The van der Waals surface area contributed by atoms with Gasteiger partial charge >= 0.3 is 0 Å². The highest BCUT2D eigenvalue weighted by Gasteiger charge is 2.30. The molecule has 0 saturated carbocycles. The predicted octanol–water partition coefficient (Wildman–Crippen LogP) is 1.37. The van der Waals surface area contributed by atoms with Gasteiger partial charge in [-0.2, -0.15) is 0 Å². The monoisotopic (exact) mass is 198 g/mol. The SMILES string of the molecule is CCC(CC)C(=O)N1CCCC1CN. The van der Waals surface area contributed by atoms with E-state index in [1.165, 1.54) is 0 Å². The summed E-state index contributed by atoms with van der Waals surface area (Å²) >= 11 is 0. The lowest BCUT2D eigenvalue weighted by Gasteiger charge is -2.27. The molecule has 0 aromatic heterocycles. The van der Waals surface area contributed by atoms with Crippen LogP contribution in [-0.2, 0) is 4.79 Å². The minimum Gasteiger partial charge on any atom is -0.338 e. The van der Waals surface area contributed by atoms with E-state index in [0.717, 1.165) is 32.2 Å². The van der Waals surface area contributed by atoms with Crippen LogP contribution in [0.2, 0.25) is 0 Å². The summed E-state index contributed by atoms with van der Waals surface area (Å²) in [4.78, 5) is 14.0. The molecule has 1 atom stereocenters. The van der Waals surface area contributed by atoms with Crippen molar-refractivity contribution in [1.82, 2.24) is 4.90 Å². The van der Waals surface area contributed by atoms with Crippen molar-refractivity contribution < 1.29 is 4.79 Å². The smallest absolute Gasteiger partial charge is 0.225 e. The van der Waals surface area contributed by atoms with Crippen molar-refractivity contribution in [2.24, 2.45) is 11.7 Å². The van der Waals surface area contributed by atoms with Crippen LogP contribution in [0.5, 0.6) is 0 Å². The van der Waals surface area contributed by atoms with E-state index in [1.807, 2.05) is 4.90 Å². The molecule has 1 unspecified atom stereocenters. The molecule has 82 valence electrons. The highest BCUT2D eigenvalue weighted by molar-refractivity contribution is 5.79. The summed E-state index contributed by atoms with van der Waals surface area (Å²) in [5, 5.41) is 0. The van der Waals surface area contributed by atoms with Crippen LogP contribution in [0.1, 0.15) is 39.5 Å². The number of nitrogens with zero attached hydrogens (tertiary/aromatic N) is 1. The van der Waals surface area contributed by atoms with E-state index in [-0.39, 0.29) is 5.92 Å². The van der Waals surface area contributed by atoms with Gasteiger partial charge in [0.1, 0.15) is 0 Å². The fourth-order valence-electron chi connectivity index (χ4n) is 2.24. The lowest BCUT2D eigenvalue weighted by molar-refractivity contribution is -0.136. The van der Waals surface area contributed by atoms with E-state index >= 15 is 0 Å². The lowest BCUT2D eigenvalue weighted by Crippen LogP contribution is -2.42. The Hall–Kier alpha value is -0.570. The van der Waals surface area contributed by atoms with Crippen LogP contribution >= 0.6 is 0 Å². The third-order valence-corrected chi connectivity index (χ3v) is 3.27. The van der Waals surface area contributed by atoms with Gasteiger partial charge in [-0.3, -0.25) is 4.79 Å². The van der Waals surface area contributed by atoms with Gasteiger partial charge in [-0.15, -0.1) is 0 Å². The second kappa shape index (κ2) is 5.35. The average Bonchev–Trinajstić information content (AvgIpc) is 2.67. The normalized spacial score (nSPS) is 22.0. The highest BCUT2D eigenvalue weighted by atomic mass is 16.2. The molecule has 1 heterocycles. The Morgan fingerprint density at radius 1 is 1.50 bits per heavy atom. The fraction of sp³-hybridized carbons (Fsp3) is 0.909. The molecular formula is C11H22N2O. The molecule has 0 radical (unpaired) electrons. The van der Waals surface area contributed by atoms with E-state index in [2.05, 4.69) is 13.8 Å². The third-order valence-electron chi connectivity index (χ3n) is 3.27. The Labute approximate surface area is 86.6 Å². The molecule has 14 heavy (non-hydrogen) atoms. The lowest BCUT2D eigenvalue weighted by atomic mass is 10.0. The molecule has 3 heteroatoms. The van der Waals surface area contributed by atoms with Crippen LogP contribution < -0.4 is 5.73 Å². The number of rotatable bonds is 4. The van der Waals surface area contributed by atoms with Crippen molar-refractivity contribution in [1.29, 1.82) is 0 Å². The molecule has 0 aliphatic carbocycles. The van der Waals surface area contributed by atoms with Gasteiger partial charge < -0.3 is 10.6 Å². The zero-order chi connectivity index (χ0) is 10.6. The van der Waals surface area contributed by atoms with Crippen LogP contribution in [0.4, 0.5) is 0 Å². The molecule has 0 aromatic carbocycles. The maximum Gasteiger partial charge on any atom is 0.225 e. The van der Waals surface area contributed by atoms with Gasteiger partial charge in [0.05, 0.1) is 0 Å². The zero-order valence-electron chi connectivity index (χ0n) is 9.33. The van der Waals surface area contributed by atoms with E-state index in [9.17, 15) is 4.79 Å². The number of likely N-dealkylation sites (tertiary alicyclic amines) is 1. The fourth-order valence-corrected chi connectivity index (χ4v) is 2.24. The molecule has 1 fully saturated rings. The molecule has 3 nitrogen and oxygen atoms in total. The topological polar surface area (TPSA) is 46.3 Å². The van der Waals surface area contributed by atoms with Gasteiger partial charge in [-0.1, -0.05) is 13.8 Å². The minimum atomic E-state index is 0.210. The third kappa shape index (κ3) is 2.27. The quantitative estimate of drug-likeness (QED) is 0.741. The maximum absolute atomic E-state index is 12.0. The van der Waals surface area contributed by atoms with Crippen LogP contribution in [0.3, 0.4) is 0 Å². The molecule has 1 amide bonds. The van der Waals surface area contributed by atoms with Gasteiger partial charge in [-0.25, -0.2) is 0 Å². The molecular weight excluding hydrogens is 176 g/mol. The van der Waals surface area contributed by atoms with Gasteiger partial charge in [-0.05, 0) is 25.7 Å². The number of nitrogens with two attached hydrogens (primary N) is 1. The van der Waals surface area contributed by atoms with Gasteiger partial charge in [0.15, 0.2) is 0 Å². The van der Waals surface area contributed by atoms with Gasteiger partial charge in [0.2, 0.25) is 5.91 Å². The summed E-state index contributed by atoms with van der Waals surface area (Å²) in [6.07, 6.45) is 4.10. The average molecular weight is 198 g/mol. The Balaban J connectivity index is 2.58. The van der Waals surface area contributed by atoms with Crippen LogP contribution in [0, 0.1) is 5.92 Å². The van der Waals surface area contributed by atoms with Crippen LogP contribution in [0.25, 0.3) is 0 Å². The van der Waals surface area contributed by atoms with Crippen LogP contribution in [-0.4, -0.2) is 29.9 Å².